The molecule has 0 saturated carbocycles. The van der Waals surface area contributed by atoms with Crippen molar-refractivity contribution < 1.29 is 19.1 Å². The van der Waals surface area contributed by atoms with E-state index in [0.29, 0.717) is 44.8 Å². The zero-order chi connectivity index (χ0) is 24.0. The summed E-state index contributed by atoms with van der Waals surface area (Å²) >= 11 is 4.89. The van der Waals surface area contributed by atoms with Crippen LogP contribution in [0.25, 0.3) is 6.08 Å². The Morgan fingerprint density at radius 2 is 1.94 bits per heavy atom. The van der Waals surface area contributed by atoms with E-state index in [1.807, 2.05) is 45.0 Å². The van der Waals surface area contributed by atoms with E-state index >= 15 is 0 Å². The summed E-state index contributed by atoms with van der Waals surface area (Å²) in [6, 6.07) is 11.0. The van der Waals surface area contributed by atoms with Crippen molar-refractivity contribution in [1.29, 1.82) is 0 Å². The lowest BCUT2D eigenvalue weighted by Crippen LogP contribution is -2.28. The Morgan fingerprint density at radius 3 is 2.58 bits per heavy atom. The van der Waals surface area contributed by atoms with E-state index < -0.39 is 0 Å². The Kier molecular flexibility index (Phi) is 8.57. The summed E-state index contributed by atoms with van der Waals surface area (Å²) in [6.45, 7) is 6.84. The number of likely N-dealkylation sites (N-methyl/N-ethyl adjacent to an activating group) is 1. The highest BCUT2D eigenvalue weighted by Crippen LogP contribution is 2.38. The molecular formula is C24H26BrN3O4S. The molecule has 1 heterocycles. The van der Waals surface area contributed by atoms with Gasteiger partial charge in [-0.1, -0.05) is 33.6 Å². The van der Waals surface area contributed by atoms with Crippen LogP contribution in [0, 0.1) is 6.92 Å². The number of amides is 2. The molecule has 1 N–H and O–H groups in total. The first-order valence-electron chi connectivity index (χ1n) is 10.5. The van der Waals surface area contributed by atoms with Crippen molar-refractivity contribution in [3.63, 3.8) is 0 Å². The maximum Gasteiger partial charge on any atom is 0.266 e. The molecule has 0 aromatic heterocycles. The second kappa shape index (κ2) is 11.4. The standard InChI is InChI=1S/C24H26BrN3O4S/c1-5-26-24-28(6-2)23(30)21(33-24)12-16-11-19(31-4)20(13-18(16)25)32-14-22(29)27-17-9-7-15(3)8-10-17/h7-13H,5-6,14H2,1-4H3,(H,27,29)/b21-12-,26-24?. The van der Waals surface area contributed by atoms with E-state index in [2.05, 4.69) is 26.2 Å². The van der Waals surface area contributed by atoms with Crippen molar-refractivity contribution in [2.45, 2.75) is 20.8 Å². The number of aliphatic imine (C=N–C) groups is 1. The zero-order valence-electron chi connectivity index (χ0n) is 19.0. The summed E-state index contributed by atoms with van der Waals surface area (Å²) in [5.41, 5.74) is 2.57. The van der Waals surface area contributed by atoms with E-state index in [4.69, 9.17) is 9.47 Å². The van der Waals surface area contributed by atoms with E-state index in [1.54, 1.807) is 23.1 Å². The molecule has 1 fully saturated rings. The molecule has 0 atom stereocenters. The third kappa shape index (κ3) is 6.17. The van der Waals surface area contributed by atoms with Crippen LogP contribution in [0.3, 0.4) is 0 Å². The third-order valence-corrected chi connectivity index (χ3v) is 6.49. The predicted molar refractivity (Wildman–Crippen MR) is 137 cm³/mol. The third-order valence-electron chi connectivity index (χ3n) is 4.76. The maximum absolute atomic E-state index is 12.7. The maximum atomic E-state index is 12.7. The topological polar surface area (TPSA) is 80.2 Å². The molecule has 33 heavy (non-hydrogen) atoms. The largest absolute Gasteiger partial charge is 0.493 e. The van der Waals surface area contributed by atoms with Crippen LogP contribution in [0.1, 0.15) is 25.0 Å². The molecule has 3 rings (SSSR count). The van der Waals surface area contributed by atoms with Crippen molar-refractivity contribution in [2.24, 2.45) is 4.99 Å². The first-order valence-corrected chi connectivity index (χ1v) is 12.1. The highest BCUT2D eigenvalue weighted by molar-refractivity contribution is 9.10. The van der Waals surface area contributed by atoms with Gasteiger partial charge in [-0.25, -0.2) is 0 Å². The number of hydrogen-bond donors (Lipinski definition) is 1. The van der Waals surface area contributed by atoms with E-state index in [-0.39, 0.29) is 18.4 Å². The average Bonchev–Trinajstić information content (AvgIpc) is 3.09. The molecule has 1 saturated heterocycles. The van der Waals surface area contributed by atoms with Crippen LogP contribution in [-0.2, 0) is 9.59 Å². The number of carbonyl (C=O) groups excluding carboxylic acids is 2. The lowest BCUT2D eigenvalue weighted by atomic mass is 10.2. The fourth-order valence-corrected chi connectivity index (χ4v) is 4.63. The lowest BCUT2D eigenvalue weighted by molar-refractivity contribution is -0.122. The molecule has 9 heteroatoms. The van der Waals surface area contributed by atoms with Gasteiger partial charge in [-0.15, -0.1) is 0 Å². The molecule has 0 aliphatic carbocycles. The Hall–Kier alpha value is -2.78. The smallest absolute Gasteiger partial charge is 0.266 e. The van der Waals surface area contributed by atoms with E-state index in [9.17, 15) is 9.59 Å². The number of anilines is 1. The van der Waals surface area contributed by atoms with Gasteiger partial charge in [0.1, 0.15) is 0 Å². The van der Waals surface area contributed by atoms with Gasteiger partial charge in [-0.3, -0.25) is 19.5 Å². The van der Waals surface area contributed by atoms with Crippen LogP contribution >= 0.6 is 27.7 Å². The fourth-order valence-electron chi connectivity index (χ4n) is 3.09. The van der Waals surface area contributed by atoms with Gasteiger partial charge >= 0.3 is 0 Å². The van der Waals surface area contributed by atoms with Crippen molar-refractivity contribution in [3.8, 4) is 11.5 Å². The number of hydrogen-bond acceptors (Lipinski definition) is 6. The van der Waals surface area contributed by atoms with Crippen LogP contribution in [-0.4, -0.2) is 48.7 Å². The summed E-state index contributed by atoms with van der Waals surface area (Å²) in [5.74, 6) is 0.519. The van der Waals surface area contributed by atoms with Crippen LogP contribution in [0.15, 0.2) is 50.8 Å². The number of thioether (sulfide) groups is 1. The van der Waals surface area contributed by atoms with Gasteiger partial charge in [0.2, 0.25) is 0 Å². The number of benzene rings is 2. The minimum absolute atomic E-state index is 0.0753. The molecule has 7 nitrogen and oxygen atoms in total. The first-order chi connectivity index (χ1) is 15.9. The molecule has 2 amide bonds. The highest BCUT2D eigenvalue weighted by Gasteiger charge is 2.32. The normalized spacial score (nSPS) is 15.9. The van der Waals surface area contributed by atoms with Gasteiger partial charge in [-0.2, -0.15) is 0 Å². The molecule has 2 aromatic carbocycles. The Bertz CT molecular complexity index is 1100. The molecule has 1 aliphatic heterocycles. The van der Waals surface area contributed by atoms with E-state index in [1.165, 1.54) is 18.9 Å². The molecule has 0 unspecified atom stereocenters. The number of methoxy groups -OCH3 is 1. The van der Waals surface area contributed by atoms with Crippen molar-refractivity contribution in [2.75, 3.05) is 32.1 Å². The van der Waals surface area contributed by atoms with Gasteiger partial charge in [-0.05, 0) is 68.4 Å². The van der Waals surface area contributed by atoms with Crippen molar-refractivity contribution >= 4 is 56.4 Å². The monoisotopic (exact) mass is 531 g/mol. The summed E-state index contributed by atoms with van der Waals surface area (Å²) in [6.07, 6.45) is 1.80. The van der Waals surface area contributed by atoms with Crippen LogP contribution < -0.4 is 14.8 Å². The quantitative estimate of drug-likeness (QED) is 0.479. The van der Waals surface area contributed by atoms with Crippen LogP contribution in [0.2, 0.25) is 0 Å². The van der Waals surface area contributed by atoms with Gasteiger partial charge < -0.3 is 14.8 Å². The average molecular weight is 532 g/mol. The molecule has 0 spiro atoms. The second-order valence-corrected chi connectivity index (χ2v) is 9.01. The van der Waals surface area contributed by atoms with Crippen LogP contribution in [0.5, 0.6) is 11.5 Å². The highest BCUT2D eigenvalue weighted by atomic mass is 79.9. The summed E-state index contributed by atoms with van der Waals surface area (Å²) in [5, 5.41) is 3.51. The fraction of sp³-hybridized carbons (Fsp3) is 0.292. The van der Waals surface area contributed by atoms with Crippen molar-refractivity contribution in [3.05, 3.63) is 56.9 Å². The number of amidine groups is 1. The molecular weight excluding hydrogens is 506 g/mol. The van der Waals surface area contributed by atoms with Gasteiger partial charge in [0.05, 0.1) is 12.0 Å². The van der Waals surface area contributed by atoms with Gasteiger partial charge in [0.25, 0.3) is 11.8 Å². The first kappa shape index (κ1) is 24.9. The second-order valence-electron chi connectivity index (χ2n) is 7.14. The number of aryl methyl sites for hydroxylation is 1. The summed E-state index contributed by atoms with van der Waals surface area (Å²) in [7, 11) is 1.53. The molecule has 2 aromatic rings. The summed E-state index contributed by atoms with van der Waals surface area (Å²) in [4.78, 5) is 31.7. The van der Waals surface area contributed by atoms with Gasteiger partial charge in [0.15, 0.2) is 23.3 Å². The summed E-state index contributed by atoms with van der Waals surface area (Å²) < 4.78 is 11.9. The minimum Gasteiger partial charge on any atom is -0.493 e. The van der Waals surface area contributed by atoms with Crippen molar-refractivity contribution in [1.82, 2.24) is 4.90 Å². The minimum atomic E-state index is -0.279. The zero-order valence-corrected chi connectivity index (χ0v) is 21.4. The van der Waals surface area contributed by atoms with Gasteiger partial charge in [0, 0.05) is 23.2 Å². The number of carbonyl (C=O) groups is 2. The molecule has 0 radical (unpaired) electrons. The number of ether oxygens (including phenoxy) is 2. The molecule has 1 aliphatic rings. The molecule has 174 valence electrons. The number of halogens is 1. The van der Waals surface area contributed by atoms with Crippen LogP contribution in [0.4, 0.5) is 5.69 Å². The predicted octanol–water partition coefficient (Wildman–Crippen LogP) is 5.10. The Morgan fingerprint density at radius 1 is 1.21 bits per heavy atom. The number of rotatable bonds is 8. The number of nitrogens with one attached hydrogen (secondary N) is 1. The van der Waals surface area contributed by atoms with E-state index in [0.717, 1.165) is 11.1 Å². The molecule has 0 bridgehead atoms. The Labute approximate surface area is 206 Å². The lowest BCUT2D eigenvalue weighted by Gasteiger charge is -2.13. The number of nitrogens with zero attached hydrogens (tertiary/aromatic N) is 2. The SMILES string of the molecule is CCN=C1S/C(=C\c2cc(OC)c(OCC(=O)Nc3ccc(C)cc3)cc2Br)C(=O)N1CC. The Balaban J connectivity index is 1.75.